The summed E-state index contributed by atoms with van der Waals surface area (Å²) in [6, 6.07) is 2.13. The summed E-state index contributed by atoms with van der Waals surface area (Å²) in [5, 5.41) is 13.7. The van der Waals surface area contributed by atoms with Crippen molar-refractivity contribution in [2.45, 2.75) is 19.3 Å². The van der Waals surface area contributed by atoms with Crippen molar-refractivity contribution in [3.05, 3.63) is 22.4 Å². The SMILES string of the molecule is NCC(CO)(Cc1ccsc1)C1CC1. The van der Waals surface area contributed by atoms with Gasteiger partial charge in [-0.1, -0.05) is 0 Å². The number of aliphatic hydroxyl groups excluding tert-OH is 1. The van der Waals surface area contributed by atoms with Crippen LogP contribution in [0.4, 0.5) is 0 Å². The second kappa shape index (κ2) is 4.01. The highest BCUT2D eigenvalue weighted by Crippen LogP contribution is 2.46. The van der Waals surface area contributed by atoms with E-state index in [-0.39, 0.29) is 12.0 Å². The van der Waals surface area contributed by atoms with Gasteiger partial charge in [-0.3, -0.25) is 0 Å². The Kier molecular flexibility index (Phi) is 2.91. The third kappa shape index (κ3) is 1.85. The van der Waals surface area contributed by atoms with E-state index in [9.17, 15) is 5.11 Å². The van der Waals surface area contributed by atoms with E-state index in [0.717, 1.165) is 6.42 Å². The Morgan fingerprint density at radius 2 is 2.36 bits per heavy atom. The minimum atomic E-state index is -0.0406. The third-order valence-electron chi connectivity index (χ3n) is 3.30. The van der Waals surface area contributed by atoms with Crippen LogP contribution in [0.5, 0.6) is 0 Å². The van der Waals surface area contributed by atoms with Crippen LogP contribution in [0, 0.1) is 11.3 Å². The van der Waals surface area contributed by atoms with Gasteiger partial charge in [-0.25, -0.2) is 0 Å². The lowest BCUT2D eigenvalue weighted by Crippen LogP contribution is -2.38. The molecule has 2 nitrogen and oxygen atoms in total. The normalized spacial score (nSPS) is 20.7. The molecule has 14 heavy (non-hydrogen) atoms. The van der Waals surface area contributed by atoms with Gasteiger partial charge in [0.1, 0.15) is 0 Å². The van der Waals surface area contributed by atoms with Crippen LogP contribution in [0.1, 0.15) is 18.4 Å². The Morgan fingerprint density at radius 3 is 2.79 bits per heavy atom. The number of nitrogens with two attached hydrogens (primary N) is 1. The van der Waals surface area contributed by atoms with Crippen LogP contribution in [0.3, 0.4) is 0 Å². The van der Waals surface area contributed by atoms with Crippen molar-refractivity contribution in [2.24, 2.45) is 17.1 Å². The Bertz CT molecular complexity index is 275. The number of aliphatic hydroxyl groups is 1. The van der Waals surface area contributed by atoms with Gasteiger partial charge < -0.3 is 10.8 Å². The van der Waals surface area contributed by atoms with Crippen molar-refractivity contribution in [2.75, 3.05) is 13.2 Å². The molecular weight excluding hydrogens is 194 g/mol. The number of rotatable bonds is 5. The topological polar surface area (TPSA) is 46.2 Å². The molecule has 1 aromatic heterocycles. The maximum Gasteiger partial charge on any atom is 0.0505 e. The summed E-state index contributed by atoms with van der Waals surface area (Å²) in [6.45, 7) is 0.827. The fourth-order valence-electron chi connectivity index (χ4n) is 2.13. The third-order valence-corrected chi connectivity index (χ3v) is 4.03. The van der Waals surface area contributed by atoms with Crippen LogP contribution >= 0.6 is 11.3 Å². The van der Waals surface area contributed by atoms with E-state index in [1.165, 1.54) is 18.4 Å². The van der Waals surface area contributed by atoms with Gasteiger partial charge in [0, 0.05) is 12.0 Å². The second-order valence-electron chi connectivity index (χ2n) is 4.31. The highest BCUT2D eigenvalue weighted by molar-refractivity contribution is 7.07. The van der Waals surface area contributed by atoms with Gasteiger partial charge >= 0.3 is 0 Å². The van der Waals surface area contributed by atoms with Crippen LogP contribution in [0.25, 0.3) is 0 Å². The van der Waals surface area contributed by atoms with Crippen LogP contribution in [-0.2, 0) is 6.42 Å². The van der Waals surface area contributed by atoms with Crippen LogP contribution in [0.2, 0.25) is 0 Å². The summed E-state index contributed by atoms with van der Waals surface area (Å²) in [5.41, 5.74) is 7.10. The lowest BCUT2D eigenvalue weighted by molar-refractivity contribution is 0.109. The molecule has 2 rings (SSSR count). The van der Waals surface area contributed by atoms with Crippen LogP contribution in [-0.4, -0.2) is 18.3 Å². The predicted molar refractivity (Wildman–Crippen MR) is 59.3 cm³/mol. The number of hydrogen-bond donors (Lipinski definition) is 2. The standard InChI is InChI=1S/C11H17NOS/c12-7-11(8-13,10-1-2-10)5-9-3-4-14-6-9/h3-4,6,10,13H,1-2,5,7-8,12H2. The van der Waals surface area contributed by atoms with Gasteiger partial charge in [0.2, 0.25) is 0 Å². The molecule has 1 atom stereocenters. The molecule has 0 radical (unpaired) electrons. The van der Waals surface area contributed by atoms with Gasteiger partial charge in [-0.15, -0.1) is 0 Å². The summed E-state index contributed by atoms with van der Waals surface area (Å²) in [7, 11) is 0. The molecule has 0 amide bonds. The van der Waals surface area contributed by atoms with E-state index in [1.807, 2.05) is 0 Å². The molecule has 1 heterocycles. The second-order valence-corrected chi connectivity index (χ2v) is 5.09. The molecule has 3 N–H and O–H groups in total. The van der Waals surface area contributed by atoms with E-state index in [1.54, 1.807) is 11.3 Å². The van der Waals surface area contributed by atoms with E-state index < -0.39 is 0 Å². The van der Waals surface area contributed by atoms with Crippen molar-refractivity contribution in [3.63, 3.8) is 0 Å². The van der Waals surface area contributed by atoms with Crippen molar-refractivity contribution in [3.8, 4) is 0 Å². The smallest absolute Gasteiger partial charge is 0.0505 e. The molecule has 1 unspecified atom stereocenters. The molecule has 1 fully saturated rings. The van der Waals surface area contributed by atoms with Gasteiger partial charge in [0.25, 0.3) is 0 Å². The molecule has 1 aliphatic carbocycles. The Labute approximate surface area is 88.8 Å². The van der Waals surface area contributed by atoms with Gasteiger partial charge in [0.05, 0.1) is 6.61 Å². The summed E-state index contributed by atoms with van der Waals surface area (Å²) in [5.74, 6) is 0.650. The minimum Gasteiger partial charge on any atom is -0.396 e. The largest absolute Gasteiger partial charge is 0.396 e. The maximum atomic E-state index is 9.51. The molecule has 0 saturated heterocycles. The first-order valence-electron chi connectivity index (χ1n) is 5.13. The lowest BCUT2D eigenvalue weighted by atomic mass is 9.78. The Hall–Kier alpha value is -0.380. The molecule has 78 valence electrons. The lowest BCUT2D eigenvalue weighted by Gasteiger charge is -2.30. The summed E-state index contributed by atoms with van der Waals surface area (Å²) >= 11 is 1.71. The molecule has 0 bridgehead atoms. The van der Waals surface area contributed by atoms with E-state index in [2.05, 4.69) is 16.8 Å². The minimum absolute atomic E-state index is 0.0406. The average molecular weight is 211 g/mol. The Balaban J connectivity index is 2.10. The Morgan fingerprint density at radius 1 is 1.57 bits per heavy atom. The molecule has 0 spiro atoms. The predicted octanol–water partition coefficient (Wildman–Crippen LogP) is 1.64. The molecule has 0 aliphatic heterocycles. The zero-order valence-electron chi connectivity index (χ0n) is 8.28. The van der Waals surface area contributed by atoms with E-state index in [0.29, 0.717) is 12.5 Å². The van der Waals surface area contributed by atoms with Crippen molar-refractivity contribution in [1.82, 2.24) is 0 Å². The number of thiophene rings is 1. The zero-order chi connectivity index (χ0) is 10.0. The fraction of sp³-hybridized carbons (Fsp3) is 0.636. The van der Waals surface area contributed by atoms with Gasteiger partial charge in [-0.2, -0.15) is 11.3 Å². The van der Waals surface area contributed by atoms with Crippen molar-refractivity contribution in [1.29, 1.82) is 0 Å². The monoisotopic (exact) mass is 211 g/mol. The van der Waals surface area contributed by atoms with E-state index >= 15 is 0 Å². The molecule has 1 saturated carbocycles. The maximum absolute atomic E-state index is 9.51. The molecular formula is C11H17NOS. The zero-order valence-corrected chi connectivity index (χ0v) is 9.09. The first kappa shape index (κ1) is 10.1. The summed E-state index contributed by atoms with van der Waals surface area (Å²) in [6.07, 6.45) is 3.41. The fourth-order valence-corrected chi connectivity index (χ4v) is 2.80. The average Bonchev–Trinajstić information content (AvgIpc) is 2.95. The van der Waals surface area contributed by atoms with Crippen molar-refractivity contribution < 1.29 is 5.11 Å². The highest BCUT2D eigenvalue weighted by atomic mass is 32.1. The summed E-state index contributed by atoms with van der Waals surface area (Å²) in [4.78, 5) is 0. The van der Waals surface area contributed by atoms with E-state index in [4.69, 9.17) is 5.73 Å². The molecule has 0 aromatic carbocycles. The number of hydrogen-bond acceptors (Lipinski definition) is 3. The van der Waals surface area contributed by atoms with Gasteiger partial charge in [0.15, 0.2) is 0 Å². The first-order chi connectivity index (χ1) is 6.80. The quantitative estimate of drug-likeness (QED) is 0.777. The first-order valence-corrected chi connectivity index (χ1v) is 6.07. The van der Waals surface area contributed by atoms with Crippen LogP contribution in [0.15, 0.2) is 16.8 Å². The molecule has 1 aliphatic rings. The van der Waals surface area contributed by atoms with Gasteiger partial charge in [-0.05, 0) is 47.6 Å². The molecule has 1 aromatic rings. The summed E-state index contributed by atoms with van der Waals surface area (Å²) < 4.78 is 0. The highest BCUT2D eigenvalue weighted by Gasteiger charge is 2.43. The molecule has 3 heteroatoms. The van der Waals surface area contributed by atoms with Crippen LogP contribution < -0.4 is 5.73 Å². The van der Waals surface area contributed by atoms with Crippen molar-refractivity contribution >= 4 is 11.3 Å².